The molecule has 0 amide bonds. The van der Waals surface area contributed by atoms with Crippen LogP contribution in [-0.4, -0.2) is 11.2 Å². The van der Waals surface area contributed by atoms with Gasteiger partial charge in [-0.3, -0.25) is 0 Å². The summed E-state index contributed by atoms with van der Waals surface area (Å²) in [7, 11) is 0. The molecule has 22 heavy (non-hydrogen) atoms. The lowest BCUT2D eigenvalue weighted by molar-refractivity contribution is -0.162. The maximum absolute atomic E-state index is 11.1. The van der Waals surface area contributed by atoms with E-state index in [1.807, 2.05) is 0 Å². The first-order valence-electron chi connectivity index (χ1n) is 10.2. The van der Waals surface area contributed by atoms with Crippen LogP contribution >= 0.6 is 0 Å². The molecule has 0 radical (unpaired) electrons. The molecule has 4 aliphatic carbocycles. The third-order valence-corrected chi connectivity index (χ3v) is 9.29. The summed E-state index contributed by atoms with van der Waals surface area (Å²) in [6.07, 6.45) is 13.8. The van der Waals surface area contributed by atoms with Crippen molar-refractivity contribution in [3.63, 3.8) is 0 Å². The molecule has 4 fully saturated rings. The molecule has 4 aliphatic rings. The Labute approximate surface area is 137 Å². The van der Waals surface area contributed by atoms with Gasteiger partial charge in [0.05, 0.1) is 6.10 Å². The average Bonchev–Trinajstić information content (AvgIpc) is 2.84. The van der Waals surface area contributed by atoms with Gasteiger partial charge in [-0.2, -0.15) is 0 Å². The molecule has 0 spiro atoms. The summed E-state index contributed by atoms with van der Waals surface area (Å²) < 4.78 is 0. The van der Waals surface area contributed by atoms with Crippen LogP contribution in [0.25, 0.3) is 0 Å². The number of fused-ring (bicyclic) bond motifs is 5. The van der Waals surface area contributed by atoms with Gasteiger partial charge in [0, 0.05) is 0 Å². The molecule has 0 heterocycles. The van der Waals surface area contributed by atoms with Crippen molar-refractivity contribution in [3.8, 4) is 0 Å². The van der Waals surface area contributed by atoms with Gasteiger partial charge in [-0.25, -0.2) is 0 Å². The smallest absolute Gasteiger partial charge is 0.0577 e. The molecule has 0 aromatic carbocycles. The largest absolute Gasteiger partial charge is 0.393 e. The number of aliphatic hydroxyl groups is 1. The Morgan fingerprint density at radius 3 is 2.45 bits per heavy atom. The summed E-state index contributed by atoms with van der Waals surface area (Å²) in [5.41, 5.74) is 1.09. The standard InChI is InChI=1S/C21H36O/c1-4-14-8-9-16-19-17(10-12-21(14,16)3)20(2)11-6-5-7-15(20)13-18(19)22/h14-19,22H,4-13H2,1-3H3/t14-,15-,16-,17-,18+,19-,20-,21+/m0/s1. The zero-order chi connectivity index (χ0) is 15.5. The third kappa shape index (κ3) is 1.93. The van der Waals surface area contributed by atoms with Crippen LogP contribution in [0.4, 0.5) is 0 Å². The van der Waals surface area contributed by atoms with Crippen LogP contribution in [0.5, 0.6) is 0 Å². The lowest BCUT2D eigenvalue weighted by Gasteiger charge is -2.62. The van der Waals surface area contributed by atoms with E-state index >= 15 is 0 Å². The van der Waals surface area contributed by atoms with E-state index in [0.717, 1.165) is 30.1 Å². The van der Waals surface area contributed by atoms with E-state index in [9.17, 15) is 5.11 Å². The molecule has 1 N–H and O–H groups in total. The highest BCUT2D eigenvalue weighted by atomic mass is 16.3. The van der Waals surface area contributed by atoms with Crippen molar-refractivity contribution in [2.75, 3.05) is 0 Å². The molecule has 4 saturated carbocycles. The van der Waals surface area contributed by atoms with E-state index in [1.165, 1.54) is 57.8 Å². The quantitative estimate of drug-likeness (QED) is 0.686. The molecule has 0 aliphatic heterocycles. The highest BCUT2D eigenvalue weighted by Crippen LogP contribution is 2.67. The fourth-order valence-electron chi connectivity index (χ4n) is 8.03. The Morgan fingerprint density at radius 2 is 1.68 bits per heavy atom. The first-order chi connectivity index (χ1) is 10.5. The third-order valence-electron chi connectivity index (χ3n) is 9.29. The Morgan fingerprint density at radius 1 is 0.909 bits per heavy atom. The minimum Gasteiger partial charge on any atom is -0.393 e. The Bertz CT molecular complexity index is 432. The number of aliphatic hydroxyl groups excluding tert-OH is 1. The molecule has 4 rings (SSSR count). The van der Waals surface area contributed by atoms with E-state index in [-0.39, 0.29) is 6.10 Å². The summed E-state index contributed by atoms with van der Waals surface area (Å²) in [4.78, 5) is 0. The highest BCUT2D eigenvalue weighted by Gasteiger charge is 2.61. The second-order valence-corrected chi connectivity index (χ2v) is 9.77. The highest BCUT2D eigenvalue weighted by molar-refractivity contribution is 5.10. The molecule has 126 valence electrons. The van der Waals surface area contributed by atoms with Crippen molar-refractivity contribution in [1.29, 1.82) is 0 Å². The van der Waals surface area contributed by atoms with E-state index in [4.69, 9.17) is 0 Å². The van der Waals surface area contributed by atoms with Gasteiger partial charge in [0.2, 0.25) is 0 Å². The Balaban J connectivity index is 1.67. The first-order valence-corrected chi connectivity index (χ1v) is 10.2. The zero-order valence-corrected chi connectivity index (χ0v) is 15.0. The molecular weight excluding hydrogens is 268 g/mol. The van der Waals surface area contributed by atoms with Gasteiger partial charge in [-0.15, -0.1) is 0 Å². The van der Waals surface area contributed by atoms with E-state index in [0.29, 0.717) is 16.7 Å². The van der Waals surface area contributed by atoms with Crippen molar-refractivity contribution in [1.82, 2.24) is 0 Å². The molecule has 0 aromatic heterocycles. The van der Waals surface area contributed by atoms with Gasteiger partial charge in [0.1, 0.15) is 0 Å². The van der Waals surface area contributed by atoms with Crippen molar-refractivity contribution < 1.29 is 5.11 Å². The minimum absolute atomic E-state index is 0.00130. The van der Waals surface area contributed by atoms with Crippen molar-refractivity contribution in [2.45, 2.75) is 91.1 Å². The maximum atomic E-state index is 11.1. The lowest BCUT2D eigenvalue weighted by Crippen LogP contribution is -2.57. The molecule has 0 unspecified atom stereocenters. The van der Waals surface area contributed by atoms with Crippen LogP contribution < -0.4 is 0 Å². The number of rotatable bonds is 1. The number of hydrogen-bond donors (Lipinski definition) is 1. The van der Waals surface area contributed by atoms with Crippen molar-refractivity contribution in [2.24, 2.45) is 40.4 Å². The summed E-state index contributed by atoms with van der Waals surface area (Å²) in [5.74, 6) is 3.98. The molecular formula is C21H36O. The number of hydrogen-bond acceptors (Lipinski definition) is 1. The first kappa shape index (κ1) is 15.5. The molecule has 8 atom stereocenters. The molecule has 0 saturated heterocycles. The summed E-state index contributed by atoms with van der Waals surface area (Å²) in [6.45, 7) is 7.58. The second-order valence-electron chi connectivity index (χ2n) is 9.77. The average molecular weight is 305 g/mol. The van der Waals surface area contributed by atoms with Crippen molar-refractivity contribution >= 4 is 0 Å². The van der Waals surface area contributed by atoms with Crippen LogP contribution in [0, 0.1) is 40.4 Å². The topological polar surface area (TPSA) is 20.2 Å². The fraction of sp³-hybridized carbons (Fsp3) is 1.00. The van der Waals surface area contributed by atoms with Crippen molar-refractivity contribution in [3.05, 3.63) is 0 Å². The zero-order valence-electron chi connectivity index (χ0n) is 15.0. The monoisotopic (exact) mass is 304 g/mol. The van der Waals surface area contributed by atoms with Crippen LogP contribution in [0.15, 0.2) is 0 Å². The van der Waals surface area contributed by atoms with Crippen LogP contribution in [-0.2, 0) is 0 Å². The summed E-state index contributed by atoms with van der Waals surface area (Å²) in [6, 6.07) is 0. The van der Waals surface area contributed by atoms with Crippen LogP contribution in [0.2, 0.25) is 0 Å². The molecule has 1 nitrogen and oxygen atoms in total. The normalized spacial score (nSPS) is 57.8. The predicted octanol–water partition coefficient (Wildman–Crippen LogP) is 5.42. The summed E-state index contributed by atoms with van der Waals surface area (Å²) in [5, 5.41) is 11.1. The second kappa shape index (κ2) is 5.23. The Hall–Kier alpha value is -0.0400. The van der Waals surface area contributed by atoms with Gasteiger partial charge in [0.25, 0.3) is 0 Å². The molecule has 0 aromatic rings. The SMILES string of the molecule is CC[C@H]1CC[C@H]2[C@@H]3[C@H](O)C[C@@H]4CCCC[C@]4(C)[C@H]3CC[C@]12C. The van der Waals surface area contributed by atoms with E-state index in [2.05, 4.69) is 20.8 Å². The Kier molecular flexibility index (Phi) is 3.68. The van der Waals surface area contributed by atoms with Gasteiger partial charge in [0.15, 0.2) is 0 Å². The van der Waals surface area contributed by atoms with Gasteiger partial charge < -0.3 is 5.11 Å². The minimum atomic E-state index is 0.00130. The van der Waals surface area contributed by atoms with E-state index in [1.54, 1.807) is 0 Å². The fourth-order valence-corrected chi connectivity index (χ4v) is 8.03. The van der Waals surface area contributed by atoms with Gasteiger partial charge in [-0.1, -0.05) is 40.0 Å². The molecule has 1 heteroatoms. The maximum Gasteiger partial charge on any atom is 0.0577 e. The van der Waals surface area contributed by atoms with Gasteiger partial charge >= 0.3 is 0 Å². The lowest BCUT2D eigenvalue weighted by atomic mass is 9.44. The van der Waals surface area contributed by atoms with Crippen LogP contribution in [0.1, 0.15) is 85.0 Å². The van der Waals surface area contributed by atoms with Gasteiger partial charge in [-0.05, 0) is 85.4 Å². The van der Waals surface area contributed by atoms with Crippen LogP contribution in [0.3, 0.4) is 0 Å². The molecule has 0 bridgehead atoms. The summed E-state index contributed by atoms with van der Waals surface area (Å²) >= 11 is 0. The predicted molar refractivity (Wildman–Crippen MR) is 91.5 cm³/mol. The van der Waals surface area contributed by atoms with E-state index < -0.39 is 0 Å².